The molecule has 1 aliphatic rings. The molecule has 9 heteroatoms. The fraction of sp³-hybridized carbons (Fsp3) is 0.583. The molecule has 1 N–H and O–H groups in total. The number of nitrogens with zero attached hydrogens (tertiary/aromatic N) is 2. The van der Waals surface area contributed by atoms with Gasteiger partial charge >= 0.3 is 5.97 Å². The zero-order valence-electron chi connectivity index (χ0n) is 20.1. The highest BCUT2D eigenvalue weighted by molar-refractivity contribution is 5.98. The highest BCUT2D eigenvalue weighted by Crippen LogP contribution is 2.18. The normalized spacial score (nSPS) is 16.7. The van der Waals surface area contributed by atoms with Gasteiger partial charge in [-0.05, 0) is 49.9 Å². The molecule has 0 spiro atoms. The number of hydrogen-bond acceptors (Lipinski definition) is 6. The zero-order chi connectivity index (χ0) is 24.5. The highest BCUT2D eigenvalue weighted by atomic mass is 16.5. The Morgan fingerprint density at radius 1 is 1.18 bits per heavy atom. The van der Waals surface area contributed by atoms with E-state index in [0.29, 0.717) is 43.9 Å². The molecule has 0 bridgehead atoms. The second kappa shape index (κ2) is 12.2. The number of hydrogen-bond donors (Lipinski definition) is 1. The van der Waals surface area contributed by atoms with E-state index in [1.807, 2.05) is 13.8 Å². The first-order chi connectivity index (χ1) is 15.7. The number of benzene rings is 1. The van der Waals surface area contributed by atoms with Crippen molar-refractivity contribution < 1.29 is 28.7 Å². The van der Waals surface area contributed by atoms with Gasteiger partial charge in [0, 0.05) is 25.7 Å². The molecule has 0 aromatic heterocycles. The monoisotopic (exact) mass is 461 g/mol. The van der Waals surface area contributed by atoms with Crippen molar-refractivity contribution in [1.82, 2.24) is 15.1 Å². The van der Waals surface area contributed by atoms with Crippen LogP contribution in [0.25, 0.3) is 0 Å². The highest BCUT2D eigenvalue weighted by Gasteiger charge is 2.32. The molecular formula is C24H35N3O6. The van der Waals surface area contributed by atoms with Gasteiger partial charge in [0.25, 0.3) is 5.91 Å². The maximum Gasteiger partial charge on any atom is 0.310 e. The lowest BCUT2D eigenvalue weighted by molar-refractivity contribution is -0.152. The maximum absolute atomic E-state index is 13.1. The summed E-state index contributed by atoms with van der Waals surface area (Å²) in [6.07, 6.45) is 1.39. The van der Waals surface area contributed by atoms with E-state index in [1.54, 1.807) is 50.2 Å². The summed E-state index contributed by atoms with van der Waals surface area (Å²) in [4.78, 5) is 53.5. The van der Waals surface area contributed by atoms with Gasteiger partial charge in [-0.25, -0.2) is 0 Å². The van der Waals surface area contributed by atoms with Crippen molar-refractivity contribution in [3.8, 4) is 5.75 Å². The van der Waals surface area contributed by atoms with Crippen LogP contribution in [0.5, 0.6) is 5.75 Å². The molecule has 0 radical (unpaired) electrons. The molecule has 1 saturated heterocycles. The van der Waals surface area contributed by atoms with Crippen molar-refractivity contribution in [1.29, 1.82) is 0 Å². The molecule has 1 aliphatic heterocycles. The van der Waals surface area contributed by atoms with Crippen LogP contribution in [0.2, 0.25) is 0 Å². The molecule has 2 unspecified atom stereocenters. The number of likely N-dealkylation sites (N-methyl/N-ethyl adjacent to an activating group) is 1. The van der Waals surface area contributed by atoms with Crippen LogP contribution in [0.15, 0.2) is 24.3 Å². The lowest BCUT2D eigenvalue weighted by Gasteiger charge is -2.33. The van der Waals surface area contributed by atoms with Crippen molar-refractivity contribution >= 4 is 23.7 Å². The Kier molecular flexibility index (Phi) is 9.69. The molecule has 1 heterocycles. The van der Waals surface area contributed by atoms with E-state index in [4.69, 9.17) is 9.47 Å². The minimum absolute atomic E-state index is 0.129. The van der Waals surface area contributed by atoms with Crippen LogP contribution in [-0.4, -0.2) is 79.9 Å². The molecule has 9 nitrogen and oxygen atoms in total. The van der Waals surface area contributed by atoms with Crippen LogP contribution in [0.1, 0.15) is 44.0 Å². The predicted molar refractivity (Wildman–Crippen MR) is 123 cm³/mol. The molecule has 0 saturated carbocycles. The summed E-state index contributed by atoms with van der Waals surface area (Å²) in [7, 11) is 3.09. The van der Waals surface area contributed by atoms with E-state index in [1.165, 1.54) is 4.90 Å². The van der Waals surface area contributed by atoms with Crippen LogP contribution in [0.4, 0.5) is 0 Å². The van der Waals surface area contributed by atoms with Crippen molar-refractivity contribution in [2.24, 2.45) is 11.8 Å². The molecule has 33 heavy (non-hydrogen) atoms. The molecule has 0 aliphatic carbocycles. The zero-order valence-corrected chi connectivity index (χ0v) is 20.1. The first-order valence-corrected chi connectivity index (χ1v) is 11.3. The quantitative estimate of drug-likeness (QED) is 0.562. The Labute approximate surface area is 195 Å². The summed E-state index contributed by atoms with van der Waals surface area (Å²) < 4.78 is 10.2. The van der Waals surface area contributed by atoms with Gasteiger partial charge in [-0.15, -0.1) is 0 Å². The Hall–Kier alpha value is -3.10. The molecule has 182 valence electrons. The van der Waals surface area contributed by atoms with E-state index in [2.05, 4.69) is 5.32 Å². The van der Waals surface area contributed by atoms with Crippen molar-refractivity contribution in [3.63, 3.8) is 0 Å². The van der Waals surface area contributed by atoms with Gasteiger partial charge in [0.1, 0.15) is 11.8 Å². The minimum Gasteiger partial charge on any atom is -0.497 e. The Balaban J connectivity index is 1.98. The summed E-state index contributed by atoms with van der Waals surface area (Å²) in [6.45, 7) is 6.43. The van der Waals surface area contributed by atoms with Crippen molar-refractivity contribution in [2.45, 2.75) is 39.7 Å². The average molecular weight is 462 g/mol. The second-order valence-corrected chi connectivity index (χ2v) is 8.55. The molecule has 2 atom stereocenters. The molecule has 2 rings (SSSR count). The molecule has 3 amide bonds. The summed E-state index contributed by atoms with van der Waals surface area (Å²) >= 11 is 0. The SMILES string of the molecule is CCOC(=O)C1CCCN(C(=O)CN(C)C(=O)C(NC(=O)c2ccc(OC)cc2)C(C)C)C1. The van der Waals surface area contributed by atoms with Gasteiger partial charge in [-0.3, -0.25) is 19.2 Å². The Morgan fingerprint density at radius 3 is 2.42 bits per heavy atom. The van der Waals surface area contributed by atoms with E-state index in [9.17, 15) is 19.2 Å². The van der Waals surface area contributed by atoms with Crippen molar-refractivity contribution in [2.75, 3.05) is 40.4 Å². The number of carbonyl (C=O) groups excluding carboxylic acids is 4. The minimum atomic E-state index is -0.786. The van der Waals surface area contributed by atoms with Crippen LogP contribution in [0.3, 0.4) is 0 Å². The first-order valence-electron chi connectivity index (χ1n) is 11.3. The van der Waals surface area contributed by atoms with Gasteiger partial charge in [-0.1, -0.05) is 13.8 Å². The first kappa shape index (κ1) is 26.2. The number of ether oxygens (including phenoxy) is 2. The number of carbonyl (C=O) groups is 4. The number of nitrogens with one attached hydrogen (secondary N) is 1. The van der Waals surface area contributed by atoms with E-state index in [-0.39, 0.29) is 42.1 Å². The lowest BCUT2D eigenvalue weighted by Crippen LogP contribution is -2.53. The molecule has 1 aromatic rings. The third-order valence-corrected chi connectivity index (χ3v) is 5.71. The fourth-order valence-electron chi connectivity index (χ4n) is 3.75. The predicted octanol–water partition coefficient (Wildman–Crippen LogP) is 1.71. The largest absolute Gasteiger partial charge is 0.497 e. The standard InChI is InChI=1S/C24H35N3O6/c1-6-33-24(31)18-8-7-13-27(14-18)20(28)15-26(4)23(30)21(16(2)3)25-22(29)17-9-11-19(32-5)12-10-17/h9-12,16,18,21H,6-8,13-15H2,1-5H3,(H,25,29). The second-order valence-electron chi connectivity index (χ2n) is 8.55. The van der Waals surface area contributed by atoms with Crippen LogP contribution >= 0.6 is 0 Å². The summed E-state index contributed by atoms with van der Waals surface area (Å²) in [6, 6.07) is 5.81. The van der Waals surface area contributed by atoms with E-state index < -0.39 is 6.04 Å². The summed E-state index contributed by atoms with van der Waals surface area (Å²) in [5, 5.41) is 2.78. The van der Waals surface area contributed by atoms with Crippen LogP contribution in [-0.2, 0) is 19.1 Å². The maximum atomic E-state index is 13.1. The number of piperidine rings is 1. The third kappa shape index (κ3) is 7.20. The number of amides is 3. The lowest BCUT2D eigenvalue weighted by atomic mass is 9.98. The number of methoxy groups -OCH3 is 1. The molecular weight excluding hydrogens is 426 g/mol. The average Bonchev–Trinajstić information content (AvgIpc) is 2.81. The van der Waals surface area contributed by atoms with Gasteiger partial charge in [0.15, 0.2) is 0 Å². The summed E-state index contributed by atoms with van der Waals surface area (Å²) in [5.74, 6) is -1.14. The van der Waals surface area contributed by atoms with E-state index >= 15 is 0 Å². The number of esters is 1. The number of rotatable bonds is 9. The van der Waals surface area contributed by atoms with Crippen LogP contribution < -0.4 is 10.1 Å². The summed E-state index contributed by atoms with van der Waals surface area (Å²) in [5.41, 5.74) is 0.409. The van der Waals surface area contributed by atoms with Gasteiger partial charge < -0.3 is 24.6 Å². The Bertz CT molecular complexity index is 839. The van der Waals surface area contributed by atoms with Gasteiger partial charge in [-0.2, -0.15) is 0 Å². The molecule has 1 aromatic carbocycles. The molecule has 1 fully saturated rings. The van der Waals surface area contributed by atoms with Crippen LogP contribution in [0, 0.1) is 11.8 Å². The van der Waals surface area contributed by atoms with Crippen molar-refractivity contribution in [3.05, 3.63) is 29.8 Å². The third-order valence-electron chi connectivity index (χ3n) is 5.71. The Morgan fingerprint density at radius 2 is 1.85 bits per heavy atom. The smallest absolute Gasteiger partial charge is 0.310 e. The number of likely N-dealkylation sites (tertiary alicyclic amines) is 1. The van der Waals surface area contributed by atoms with Gasteiger partial charge in [0.05, 0.1) is 26.2 Å². The topological polar surface area (TPSA) is 105 Å². The van der Waals surface area contributed by atoms with Gasteiger partial charge in [0.2, 0.25) is 11.8 Å². The van der Waals surface area contributed by atoms with E-state index in [0.717, 1.165) is 0 Å². The fourth-order valence-corrected chi connectivity index (χ4v) is 3.75.